The molecular weight excluding hydrogens is 246 g/mol. The Hall–Kier alpha value is -2.14. The first-order chi connectivity index (χ1) is 9.04. The fraction of sp³-hybridized carbons (Fsp3) is 0.286. The quantitative estimate of drug-likeness (QED) is 0.607. The van der Waals surface area contributed by atoms with Crippen molar-refractivity contribution in [2.45, 2.75) is 19.1 Å². The molecule has 0 saturated heterocycles. The average molecular weight is 263 g/mol. The summed E-state index contributed by atoms with van der Waals surface area (Å²) in [6.45, 7) is 1.41. The molecule has 1 rings (SSSR count). The second-order valence-corrected chi connectivity index (χ2v) is 3.99. The summed E-state index contributed by atoms with van der Waals surface area (Å²) in [6.07, 6.45) is 1.89. The molecule has 0 fully saturated rings. The summed E-state index contributed by atoms with van der Waals surface area (Å²) in [5.41, 5.74) is 0.865. The predicted molar refractivity (Wildman–Crippen MR) is 71.1 cm³/mol. The van der Waals surface area contributed by atoms with Gasteiger partial charge in [0.2, 0.25) is 5.91 Å². The molecule has 19 heavy (non-hydrogen) atoms. The van der Waals surface area contributed by atoms with Gasteiger partial charge in [0.05, 0.1) is 13.2 Å². The van der Waals surface area contributed by atoms with Crippen LogP contribution in [0.4, 0.5) is 0 Å². The van der Waals surface area contributed by atoms with Gasteiger partial charge in [-0.2, -0.15) is 0 Å². The lowest BCUT2D eigenvalue weighted by molar-refractivity contribution is -0.147. The van der Waals surface area contributed by atoms with Gasteiger partial charge in [-0.1, -0.05) is 30.3 Å². The second-order valence-electron chi connectivity index (χ2n) is 3.99. The van der Waals surface area contributed by atoms with Crippen LogP contribution in [0.1, 0.15) is 12.5 Å². The number of benzene rings is 1. The monoisotopic (exact) mass is 263 g/mol. The summed E-state index contributed by atoms with van der Waals surface area (Å²) >= 11 is 0. The summed E-state index contributed by atoms with van der Waals surface area (Å²) in [5, 5.41) is 11.8. The highest BCUT2D eigenvalue weighted by atomic mass is 16.5. The fourth-order valence-corrected chi connectivity index (χ4v) is 1.44. The number of esters is 1. The Kier molecular flexibility index (Phi) is 5.75. The molecule has 2 N–H and O–H groups in total. The maximum absolute atomic E-state index is 11.6. The van der Waals surface area contributed by atoms with E-state index in [0.717, 1.165) is 5.56 Å². The van der Waals surface area contributed by atoms with Crippen molar-refractivity contribution in [3.8, 4) is 0 Å². The normalized spacial score (nSPS) is 13.8. The molecule has 1 aromatic rings. The molecule has 0 aromatic heterocycles. The number of amides is 1. The number of carbonyl (C=O) groups is 2. The van der Waals surface area contributed by atoms with Gasteiger partial charge < -0.3 is 15.2 Å². The van der Waals surface area contributed by atoms with Crippen LogP contribution >= 0.6 is 0 Å². The Bertz CT molecular complexity index is 454. The van der Waals surface area contributed by atoms with E-state index in [1.807, 2.05) is 30.3 Å². The van der Waals surface area contributed by atoms with Crippen molar-refractivity contribution in [3.63, 3.8) is 0 Å². The molecule has 1 amide bonds. The average Bonchev–Trinajstić information content (AvgIpc) is 2.42. The zero-order valence-electron chi connectivity index (χ0n) is 10.9. The van der Waals surface area contributed by atoms with Crippen LogP contribution in [0.15, 0.2) is 36.4 Å². The van der Waals surface area contributed by atoms with Crippen LogP contribution < -0.4 is 5.32 Å². The summed E-state index contributed by atoms with van der Waals surface area (Å²) in [7, 11) is 1.20. The van der Waals surface area contributed by atoms with E-state index in [2.05, 4.69) is 10.1 Å². The van der Waals surface area contributed by atoms with Crippen molar-refractivity contribution in [2.75, 3.05) is 7.11 Å². The maximum Gasteiger partial charge on any atom is 0.331 e. The largest absolute Gasteiger partial charge is 0.467 e. The molecule has 0 heterocycles. The van der Waals surface area contributed by atoms with Gasteiger partial charge in [-0.25, -0.2) is 4.79 Å². The maximum atomic E-state index is 11.6. The van der Waals surface area contributed by atoms with Crippen LogP contribution in [-0.2, 0) is 14.3 Å². The van der Waals surface area contributed by atoms with Crippen molar-refractivity contribution in [1.82, 2.24) is 5.32 Å². The molecule has 5 nitrogen and oxygen atoms in total. The van der Waals surface area contributed by atoms with E-state index in [9.17, 15) is 14.7 Å². The number of nitrogens with one attached hydrogen (secondary N) is 1. The lowest BCUT2D eigenvalue weighted by Crippen LogP contribution is -2.47. The highest BCUT2D eigenvalue weighted by molar-refractivity contribution is 5.94. The second kappa shape index (κ2) is 7.33. The number of aliphatic hydroxyl groups excluding tert-OH is 1. The van der Waals surface area contributed by atoms with E-state index >= 15 is 0 Å². The number of carbonyl (C=O) groups excluding carboxylic acids is 2. The minimum atomic E-state index is -1.07. The minimum absolute atomic E-state index is 0.472. The van der Waals surface area contributed by atoms with Crippen LogP contribution in [0.2, 0.25) is 0 Å². The van der Waals surface area contributed by atoms with Gasteiger partial charge in [0.15, 0.2) is 6.04 Å². The van der Waals surface area contributed by atoms with Gasteiger partial charge in [-0.3, -0.25) is 4.79 Å². The summed E-state index contributed by atoms with van der Waals surface area (Å²) < 4.78 is 4.50. The molecule has 0 aliphatic carbocycles. The van der Waals surface area contributed by atoms with E-state index in [1.54, 1.807) is 6.08 Å². The molecule has 2 atom stereocenters. The van der Waals surface area contributed by atoms with E-state index < -0.39 is 24.0 Å². The molecule has 0 spiro atoms. The lowest BCUT2D eigenvalue weighted by Gasteiger charge is -2.17. The molecular formula is C14H17NO4. The van der Waals surface area contributed by atoms with Crippen molar-refractivity contribution < 1.29 is 19.4 Å². The van der Waals surface area contributed by atoms with E-state index in [1.165, 1.54) is 20.1 Å². The van der Waals surface area contributed by atoms with Gasteiger partial charge in [0.1, 0.15) is 0 Å². The van der Waals surface area contributed by atoms with Gasteiger partial charge in [-0.05, 0) is 18.6 Å². The smallest absolute Gasteiger partial charge is 0.331 e. The standard InChI is InChI=1S/C14H17NO4/c1-10(16)13(14(18)19-2)15-12(17)9-8-11-6-4-3-5-7-11/h3-10,13,16H,1-2H3,(H,15,17). The first kappa shape index (κ1) is 14.9. The Morgan fingerprint density at radius 3 is 2.47 bits per heavy atom. The summed E-state index contributed by atoms with van der Waals surface area (Å²) in [4.78, 5) is 23.0. The Balaban J connectivity index is 2.63. The van der Waals surface area contributed by atoms with Crippen molar-refractivity contribution in [1.29, 1.82) is 0 Å². The Morgan fingerprint density at radius 2 is 1.95 bits per heavy atom. The fourth-order valence-electron chi connectivity index (χ4n) is 1.44. The highest BCUT2D eigenvalue weighted by Gasteiger charge is 2.25. The molecule has 5 heteroatoms. The van der Waals surface area contributed by atoms with Crippen molar-refractivity contribution >= 4 is 18.0 Å². The zero-order chi connectivity index (χ0) is 14.3. The number of ether oxygens (including phenoxy) is 1. The topological polar surface area (TPSA) is 75.6 Å². The number of aliphatic hydroxyl groups is 1. The molecule has 0 radical (unpaired) electrons. The first-order valence-electron chi connectivity index (χ1n) is 5.84. The number of hydrogen-bond donors (Lipinski definition) is 2. The van der Waals surface area contributed by atoms with Crippen LogP contribution in [0.3, 0.4) is 0 Å². The third-order valence-electron chi connectivity index (χ3n) is 2.46. The summed E-state index contributed by atoms with van der Waals surface area (Å²) in [6, 6.07) is 8.19. The van der Waals surface area contributed by atoms with Crippen molar-refractivity contribution in [2.24, 2.45) is 0 Å². The zero-order valence-corrected chi connectivity index (χ0v) is 10.9. The third kappa shape index (κ3) is 4.93. The minimum Gasteiger partial charge on any atom is -0.467 e. The van der Waals surface area contributed by atoms with Crippen LogP contribution in [0, 0.1) is 0 Å². The molecule has 0 aliphatic rings. The molecule has 102 valence electrons. The van der Waals surface area contributed by atoms with E-state index in [4.69, 9.17) is 0 Å². The van der Waals surface area contributed by atoms with Gasteiger partial charge in [0.25, 0.3) is 0 Å². The molecule has 0 aliphatic heterocycles. The molecule has 2 unspecified atom stereocenters. The highest BCUT2D eigenvalue weighted by Crippen LogP contribution is 2.01. The third-order valence-corrected chi connectivity index (χ3v) is 2.46. The SMILES string of the molecule is COC(=O)C(NC(=O)C=Cc1ccccc1)C(C)O. The van der Waals surface area contributed by atoms with Crippen LogP contribution in [-0.4, -0.2) is 36.2 Å². The summed E-state index contributed by atoms with van der Waals surface area (Å²) in [5.74, 6) is -1.16. The molecule has 0 saturated carbocycles. The van der Waals surface area contributed by atoms with Gasteiger partial charge >= 0.3 is 5.97 Å². The van der Waals surface area contributed by atoms with Crippen molar-refractivity contribution in [3.05, 3.63) is 42.0 Å². The Labute approximate surface area is 111 Å². The van der Waals surface area contributed by atoms with E-state index in [0.29, 0.717) is 0 Å². The van der Waals surface area contributed by atoms with Crippen LogP contribution in [0.25, 0.3) is 6.08 Å². The lowest BCUT2D eigenvalue weighted by atomic mass is 10.1. The molecule has 1 aromatic carbocycles. The van der Waals surface area contributed by atoms with Gasteiger partial charge in [-0.15, -0.1) is 0 Å². The Morgan fingerprint density at radius 1 is 1.32 bits per heavy atom. The first-order valence-corrected chi connectivity index (χ1v) is 5.84. The van der Waals surface area contributed by atoms with E-state index in [-0.39, 0.29) is 0 Å². The van der Waals surface area contributed by atoms with Gasteiger partial charge in [0, 0.05) is 6.08 Å². The van der Waals surface area contributed by atoms with Crippen LogP contribution in [0.5, 0.6) is 0 Å². The number of rotatable bonds is 5. The number of methoxy groups -OCH3 is 1. The number of hydrogen-bond acceptors (Lipinski definition) is 4. The predicted octanol–water partition coefficient (Wildman–Crippen LogP) is 0.738. The molecule has 0 bridgehead atoms.